The zero-order valence-electron chi connectivity index (χ0n) is 18.6. The van der Waals surface area contributed by atoms with E-state index in [1.54, 1.807) is 37.4 Å². The summed E-state index contributed by atoms with van der Waals surface area (Å²) in [6.45, 7) is 1.48. The van der Waals surface area contributed by atoms with Gasteiger partial charge in [-0.3, -0.25) is 9.59 Å². The van der Waals surface area contributed by atoms with Crippen LogP contribution in [-0.4, -0.2) is 31.5 Å². The van der Waals surface area contributed by atoms with E-state index in [2.05, 4.69) is 10.6 Å². The zero-order valence-corrected chi connectivity index (χ0v) is 18.6. The van der Waals surface area contributed by atoms with E-state index in [-0.39, 0.29) is 17.9 Å². The molecule has 3 rings (SSSR count). The average molecular weight is 447 g/mol. The summed E-state index contributed by atoms with van der Waals surface area (Å²) in [6.07, 6.45) is 0.788. The summed E-state index contributed by atoms with van der Waals surface area (Å²) in [5.74, 6) is -0.623. The second kappa shape index (κ2) is 11.5. The molecule has 3 aromatic rings. The Morgan fingerprint density at radius 2 is 1.61 bits per heavy atom. The maximum atomic E-state index is 12.5. The van der Waals surface area contributed by atoms with Crippen LogP contribution in [0, 0.1) is 6.92 Å². The minimum Gasteiger partial charge on any atom is -0.497 e. The minimum absolute atomic E-state index is 0.179. The van der Waals surface area contributed by atoms with E-state index in [0.29, 0.717) is 17.8 Å². The lowest BCUT2D eigenvalue weighted by Crippen LogP contribution is -2.22. The molecule has 0 heterocycles. The molecule has 33 heavy (non-hydrogen) atoms. The Morgan fingerprint density at radius 3 is 2.33 bits per heavy atom. The standard InChI is InChI=1S/C26H26N2O5/c1-18-6-5-7-20(16-18)27-25(30)17-33-26(31)22-8-3-4-9-23(22)28-24(29)15-12-19-10-13-21(32-2)14-11-19/h3-11,13-14,16H,12,15,17H2,1-2H3,(H,27,30)(H,28,29). The molecule has 0 bridgehead atoms. The van der Waals surface area contributed by atoms with Crippen molar-refractivity contribution in [2.75, 3.05) is 24.4 Å². The number of anilines is 2. The van der Waals surface area contributed by atoms with Crippen LogP contribution in [0.1, 0.15) is 27.9 Å². The molecule has 0 radical (unpaired) electrons. The molecule has 2 N–H and O–H groups in total. The van der Waals surface area contributed by atoms with Crippen LogP contribution in [0.5, 0.6) is 5.75 Å². The van der Waals surface area contributed by atoms with Gasteiger partial charge in [0.15, 0.2) is 6.61 Å². The van der Waals surface area contributed by atoms with Crippen molar-refractivity contribution in [3.05, 3.63) is 89.5 Å². The predicted octanol–water partition coefficient (Wildman–Crippen LogP) is 4.37. The van der Waals surface area contributed by atoms with Crippen LogP contribution in [0.2, 0.25) is 0 Å². The van der Waals surface area contributed by atoms with E-state index >= 15 is 0 Å². The van der Waals surface area contributed by atoms with Gasteiger partial charge in [-0.2, -0.15) is 0 Å². The van der Waals surface area contributed by atoms with Gasteiger partial charge in [-0.25, -0.2) is 4.79 Å². The Morgan fingerprint density at radius 1 is 0.848 bits per heavy atom. The highest BCUT2D eigenvalue weighted by atomic mass is 16.5. The Kier molecular flexibility index (Phi) is 8.18. The van der Waals surface area contributed by atoms with Crippen molar-refractivity contribution < 1.29 is 23.9 Å². The highest BCUT2D eigenvalue weighted by Gasteiger charge is 2.16. The number of hydrogen-bond donors (Lipinski definition) is 2. The number of benzene rings is 3. The van der Waals surface area contributed by atoms with E-state index in [9.17, 15) is 14.4 Å². The largest absolute Gasteiger partial charge is 0.497 e. The molecule has 0 aliphatic carbocycles. The highest BCUT2D eigenvalue weighted by molar-refractivity contribution is 6.02. The van der Waals surface area contributed by atoms with Gasteiger partial charge in [0.2, 0.25) is 5.91 Å². The van der Waals surface area contributed by atoms with Gasteiger partial charge in [0.25, 0.3) is 5.91 Å². The van der Waals surface area contributed by atoms with E-state index in [1.165, 1.54) is 0 Å². The third-order valence-electron chi connectivity index (χ3n) is 4.86. The Hall–Kier alpha value is -4.13. The van der Waals surface area contributed by atoms with E-state index in [0.717, 1.165) is 16.9 Å². The zero-order chi connectivity index (χ0) is 23.6. The Bertz CT molecular complexity index is 1130. The van der Waals surface area contributed by atoms with Crippen LogP contribution in [0.4, 0.5) is 11.4 Å². The molecule has 0 unspecified atom stereocenters. The van der Waals surface area contributed by atoms with Crippen LogP contribution >= 0.6 is 0 Å². The summed E-state index contributed by atoms with van der Waals surface area (Å²) >= 11 is 0. The first-order chi connectivity index (χ1) is 15.9. The molecule has 0 aromatic heterocycles. The number of ether oxygens (including phenoxy) is 2. The van der Waals surface area contributed by atoms with Gasteiger partial charge in [0.05, 0.1) is 18.4 Å². The van der Waals surface area contributed by atoms with Gasteiger partial charge in [-0.05, 0) is 60.9 Å². The number of methoxy groups -OCH3 is 1. The first kappa shape index (κ1) is 23.5. The van der Waals surface area contributed by atoms with E-state index in [4.69, 9.17) is 9.47 Å². The highest BCUT2D eigenvalue weighted by Crippen LogP contribution is 2.18. The van der Waals surface area contributed by atoms with Gasteiger partial charge in [0, 0.05) is 12.1 Å². The molecular weight excluding hydrogens is 420 g/mol. The van der Waals surface area contributed by atoms with Crippen LogP contribution in [0.3, 0.4) is 0 Å². The molecule has 0 saturated heterocycles. The predicted molar refractivity (Wildman–Crippen MR) is 126 cm³/mol. The molecular formula is C26H26N2O5. The fraction of sp³-hybridized carbons (Fsp3) is 0.192. The second-order valence-corrected chi connectivity index (χ2v) is 7.44. The quantitative estimate of drug-likeness (QED) is 0.476. The van der Waals surface area contributed by atoms with Gasteiger partial charge in [0.1, 0.15) is 5.75 Å². The number of amides is 2. The number of carbonyl (C=O) groups is 3. The number of rotatable bonds is 9. The van der Waals surface area contributed by atoms with Crippen molar-refractivity contribution in [2.45, 2.75) is 19.8 Å². The fourth-order valence-corrected chi connectivity index (χ4v) is 3.16. The van der Waals surface area contributed by atoms with Gasteiger partial charge in [-0.1, -0.05) is 36.4 Å². The van der Waals surface area contributed by atoms with Crippen LogP contribution in [0.15, 0.2) is 72.8 Å². The number of aryl methyl sites for hydroxylation is 2. The lowest BCUT2D eigenvalue weighted by molar-refractivity contribution is -0.119. The van der Waals surface area contributed by atoms with Crippen LogP contribution in [-0.2, 0) is 20.7 Å². The summed E-state index contributed by atoms with van der Waals surface area (Å²) in [5.41, 5.74) is 3.14. The second-order valence-electron chi connectivity index (χ2n) is 7.44. The Balaban J connectivity index is 1.53. The Labute approximate surface area is 192 Å². The topological polar surface area (TPSA) is 93.7 Å². The summed E-state index contributed by atoms with van der Waals surface area (Å²) in [6, 6.07) is 21.3. The summed E-state index contributed by atoms with van der Waals surface area (Å²) in [7, 11) is 1.60. The number of esters is 1. The number of hydrogen-bond acceptors (Lipinski definition) is 5. The van der Waals surface area contributed by atoms with Crippen LogP contribution in [0.25, 0.3) is 0 Å². The van der Waals surface area contributed by atoms with Crippen molar-refractivity contribution in [3.63, 3.8) is 0 Å². The molecule has 0 aliphatic rings. The first-order valence-electron chi connectivity index (χ1n) is 10.5. The van der Waals surface area contributed by atoms with Crippen molar-refractivity contribution in [3.8, 4) is 5.75 Å². The summed E-state index contributed by atoms with van der Waals surface area (Å²) in [5, 5.41) is 5.44. The molecule has 0 fully saturated rings. The van der Waals surface area contributed by atoms with E-state index in [1.807, 2.05) is 49.4 Å². The van der Waals surface area contributed by atoms with Gasteiger partial charge >= 0.3 is 5.97 Å². The van der Waals surface area contributed by atoms with Crippen molar-refractivity contribution >= 4 is 29.2 Å². The third-order valence-corrected chi connectivity index (χ3v) is 4.86. The molecule has 170 valence electrons. The smallest absolute Gasteiger partial charge is 0.340 e. The number of nitrogens with one attached hydrogen (secondary N) is 2. The van der Waals surface area contributed by atoms with Crippen molar-refractivity contribution in [1.29, 1.82) is 0 Å². The lowest BCUT2D eigenvalue weighted by Gasteiger charge is -2.11. The van der Waals surface area contributed by atoms with Crippen molar-refractivity contribution in [2.24, 2.45) is 0 Å². The minimum atomic E-state index is -0.694. The van der Waals surface area contributed by atoms with Crippen LogP contribution < -0.4 is 15.4 Å². The summed E-state index contributed by atoms with van der Waals surface area (Å²) in [4.78, 5) is 37.1. The first-order valence-corrected chi connectivity index (χ1v) is 10.5. The lowest BCUT2D eigenvalue weighted by atomic mass is 10.1. The maximum Gasteiger partial charge on any atom is 0.340 e. The average Bonchev–Trinajstić information content (AvgIpc) is 2.82. The van der Waals surface area contributed by atoms with E-state index < -0.39 is 18.5 Å². The molecule has 7 heteroatoms. The molecule has 0 atom stereocenters. The SMILES string of the molecule is COc1ccc(CCC(=O)Nc2ccccc2C(=O)OCC(=O)Nc2cccc(C)c2)cc1. The van der Waals surface area contributed by atoms with Gasteiger partial charge in [-0.15, -0.1) is 0 Å². The molecule has 3 aromatic carbocycles. The fourth-order valence-electron chi connectivity index (χ4n) is 3.16. The molecule has 0 saturated carbocycles. The monoisotopic (exact) mass is 446 g/mol. The summed E-state index contributed by atoms with van der Waals surface area (Å²) < 4.78 is 10.3. The third kappa shape index (κ3) is 7.21. The number of para-hydroxylation sites is 1. The maximum absolute atomic E-state index is 12.5. The molecule has 0 aliphatic heterocycles. The normalized spacial score (nSPS) is 10.2. The van der Waals surface area contributed by atoms with Crippen molar-refractivity contribution in [1.82, 2.24) is 0 Å². The van der Waals surface area contributed by atoms with Gasteiger partial charge < -0.3 is 20.1 Å². The molecule has 7 nitrogen and oxygen atoms in total. The molecule has 2 amide bonds. The molecule has 0 spiro atoms. The number of carbonyl (C=O) groups excluding carboxylic acids is 3.